The van der Waals surface area contributed by atoms with E-state index in [0.717, 1.165) is 11.2 Å². The Bertz CT molecular complexity index is 696. The first-order valence-corrected chi connectivity index (χ1v) is 9.99. The molecule has 3 aliphatic heterocycles. The van der Waals surface area contributed by atoms with Crippen molar-refractivity contribution in [1.29, 1.82) is 0 Å². The molecule has 0 spiro atoms. The molecule has 1 aromatic rings. The molecule has 7 nitrogen and oxygen atoms in total. The van der Waals surface area contributed by atoms with E-state index in [4.69, 9.17) is 18.8 Å². The van der Waals surface area contributed by atoms with Gasteiger partial charge in [0.25, 0.3) is 0 Å². The number of rotatable bonds is 3. The molecule has 0 bridgehead atoms. The molecule has 3 aliphatic rings. The zero-order chi connectivity index (χ0) is 19.9. The second-order valence-electron chi connectivity index (χ2n) is 8.68. The second kappa shape index (κ2) is 7.24. The number of nitrogens with zero attached hydrogens (tertiary/aromatic N) is 2. The van der Waals surface area contributed by atoms with Crippen LogP contribution in [0.2, 0.25) is 0 Å². The number of hydrogen-bond donors (Lipinski definition) is 0. The summed E-state index contributed by atoms with van der Waals surface area (Å²) in [4.78, 5) is 16.1. The summed E-state index contributed by atoms with van der Waals surface area (Å²) in [5.74, 6) is 0.795. The van der Waals surface area contributed by atoms with Crippen molar-refractivity contribution in [3.05, 3.63) is 24.3 Å². The Labute approximate surface area is 167 Å². The largest absolute Gasteiger partial charge is 0.494 e. The first-order chi connectivity index (χ1) is 13.2. The predicted molar refractivity (Wildman–Crippen MR) is 106 cm³/mol. The van der Waals surface area contributed by atoms with Gasteiger partial charge in [0, 0.05) is 13.1 Å². The summed E-state index contributed by atoms with van der Waals surface area (Å²) in [6.45, 7) is 12.0. The van der Waals surface area contributed by atoms with Crippen molar-refractivity contribution in [2.75, 3.05) is 39.4 Å². The minimum Gasteiger partial charge on any atom is -0.487 e. The molecule has 152 valence electrons. The number of carbonyl (C=O) groups excluding carboxylic acids is 1. The minimum absolute atomic E-state index is 0.0349. The molecule has 0 saturated carbocycles. The van der Waals surface area contributed by atoms with Crippen LogP contribution in [0.4, 0.5) is 4.79 Å². The fraction of sp³-hybridized carbons (Fsp3) is 0.650. The van der Waals surface area contributed by atoms with Gasteiger partial charge in [-0.3, -0.25) is 0 Å². The van der Waals surface area contributed by atoms with E-state index in [1.165, 1.54) is 0 Å². The van der Waals surface area contributed by atoms with Gasteiger partial charge in [0.15, 0.2) is 0 Å². The number of hydrogen-bond acceptors (Lipinski definition) is 5. The molecular formula is C20H29BN2O5. The van der Waals surface area contributed by atoms with E-state index in [9.17, 15) is 4.79 Å². The summed E-state index contributed by atoms with van der Waals surface area (Å²) < 4.78 is 23.5. The summed E-state index contributed by atoms with van der Waals surface area (Å²) in [5, 5.41) is 0. The van der Waals surface area contributed by atoms with Crippen LogP contribution in [-0.2, 0) is 14.0 Å². The highest BCUT2D eigenvalue weighted by molar-refractivity contribution is 6.62. The number of ether oxygens (including phenoxy) is 2. The lowest BCUT2D eigenvalue weighted by Gasteiger charge is -2.42. The van der Waals surface area contributed by atoms with Gasteiger partial charge >= 0.3 is 13.1 Å². The minimum atomic E-state index is -0.371. The van der Waals surface area contributed by atoms with Gasteiger partial charge in [0.2, 0.25) is 0 Å². The van der Waals surface area contributed by atoms with Crippen LogP contribution in [0, 0.1) is 0 Å². The molecule has 0 atom stereocenters. The fourth-order valence-electron chi connectivity index (χ4n) is 3.50. The Morgan fingerprint density at radius 2 is 1.57 bits per heavy atom. The summed E-state index contributed by atoms with van der Waals surface area (Å²) >= 11 is 0. The lowest BCUT2D eigenvalue weighted by atomic mass is 9.79. The SMILES string of the molecule is CC1(C)OB(c2ccc(OC3CN(C(=O)N4CCOCC4)C3)cc2)OC1(C)C. The standard InChI is InChI=1S/C20H29BN2O5/c1-19(2)20(3,4)28-21(27-19)15-5-7-16(8-6-15)26-17-13-23(14-17)18(24)22-9-11-25-12-10-22/h5-8,17H,9-14H2,1-4H3. The maximum atomic E-state index is 12.4. The van der Waals surface area contributed by atoms with Gasteiger partial charge in [0.1, 0.15) is 11.9 Å². The van der Waals surface area contributed by atoms with Gasteiger partial charge in [-0.1, -0.05) is 12.1 Å². The van der Waals surface area contributed by atoms with Crippen LogP contribution in [-0.4, -0.2) is 79.6 Å². The maximum absolute atomic E-state index is 12.4. The van der Waals surface area contributed by atoms with Crippen LogP contribution in [0.15, 0.2) is 24.3 Å². The molecular weight excluding hydrogens is 359 g/mol. The average Bonchev–Trinajstić information content (AvgIpc) is 2.86. The molecule has 0 aromatic heterocycles. The van der Waals surface area contributed by atoms with Crippen LogP contribution in [0.3, 0.4) is 0 Å². The molecule has 3 fully saturated rings. The van der Waals surface area contributed by atoms with Crippen LogP contribution < -0.4 is 10.2 Å². The fourth-order valence-corrected chi connectivity index (χ4v) is 3.50. The van der Waals surface area contributed by atoms with Gasteiger partial charge < -0.3 is 28.6 Å². The van der Waals surface area contributed by atoms with E-state index in [1.54, 1.807) is 0 Å². The quantitative estimate of drug-likeness (QED) is 0.735. The zero-order valence-corrected chi connectivity index (χ0v) is 17.1. The van der Waals surface area contributed by atoms with Gasteiger partial charge in [0.05, 0.1) is 37.5 Å². The van der Waals surface area contributed by atoms with Crippen LogP contribution >= 0.6 is 0 Å². The molecule has 3 saturated heterocycles. The lowest BCUT2D eigenvalue weighted by molar-refractivity contribution is 0.00578. The normalized spacial score (nSPS) is 24.2. The second-order valence-corrected chi connectivity index (χ2v) is 8.68. The first kappa shape index (κ1) is 19.5. The lowest BCUT2D eigenvalue weighted by Crippen LogP contribution is -2.60. The Hall–Kier alpha value is -1.77. The topological polar surface area (TPSA) is 60.5 Å². The van der Waals surface area contributed by atoms with E-state index in [2.05, 4.69) is 0 Å². The highest BCUT2D eigenvalue weighted by atomic mass is 16.7. The highest BCUT2D eigenvalue weighted by Crippen LogP contribution is 2.36. The van der Waals surface area contributed by atoms with Gasteiger partial charge in [-0.15, -0.1) is 0 Å². The number of urea groups is 1. The van der Waals surface area contributed by atoms with E-state index in [-0.39, 0.29) is 30.5 Å². The summed E-state index contributed by atoms with van der Waals surface area (Å²) in [7, 11) is -0.371. The molecule has 0 unspecified atom stereocenters. The molecule has 8 heteroatoms. The van der Waals surface area contributed by atoms with Crippen LogP contribution in [0.1, 0.15) is 27.7 Å². The van der Waals surface area contributed by atoms with Crippen molar-refractivity contribution in [2.24, 2.45) is 0 Å². The molecule has 0 aliphatic carbocycles. The molecule has 0 N–H and O–H groups in total. The number of morpholine rings is 1. The molecule has 1 aromatic carbocycles. The number of likely N-dealkylation sites (tertiary alicyclic amines) is 1. The highest BCUT2D eigenvalue weighted by Gasteiger charge is 2.51. The smallest absolute Gasteiger partial charge is 0.487 e. The van der Waals surface area contributed by atoms with Crippen molar-refractivity contribution in [2.45, 2.75) is 45.0 Å². The molecule has 3 heterocycles. The van der Waals surface area contributed by atoms with E-state index in [0.29, 0.717) is 39.4 Å². The van der Waals surface area contributed by atoms with Gasteiger partial charge in [-0.05, 0) is 45.3 Å². The zero-order valence-electron chi connectivity index (χ0n) is 17.1. The third kappa shape index (κ3) is 3.73. The molecule has 4 rings (SSSR count). The average molecular weight is 388 g/mol. The third-order valence-corrected chi connectivity index (χ3v) is 6.11. The van der Waals surface area contributed by atoms with E-state index in [1.807, 2.05) is 61.8 Å². The monoisotopic (exact) mass is 388 g/mol. The van der Waals surface area contributed by atoms with E-state index >= 15 is 0 Å². The Morgan fingerprint density at radius 3 is 2.14 bits per heavy atom. The predicted octanol–water partition coefficient (Wildman–Crippen LogP) is 1.50. The van der Waals surface area contributed by atoms with E-state index < -0.39 is 0 Å². The Kier molecular flexibility index (Phi) is 5.06. The molecule has 2 amide bonds. The number of carbonyl (C=O) groups is 1. The molecule has 0 radical (unpaired) electrons. The summed E-state index contributed by atoms with van der Waals surface area (Å²) in [6, 6.07) is 7.92. The Balaban J connectivity index is 1.28. The summed E-state index contributed by atoms with van der Waals surface area (Å²) in [6.07, 6.45) is 0.0349. The summed E-state index contributed by atoms with van der Waals surface area (Å²) in [5.41, 5.74) is 0.272. The van der Waals surface area contributed by atoms with Crippen molar-refractivity contribution >= 4 is 18.6 Å². The number of amides is 2. The van der Waals surface area contributed by atoms with Gasteiger partial charge in [-0.2, -0.15) is 0 Å². The van der Waals surface area contributed by atoms with Crippen molar-refractivity contribution in [3.63, 3.8) is 0 Å². The van der Waals surface area contributed by atoms with Crippen LogP contribution in [0.5, 0.6) is 5.75 Å². The third-order valence-electron chi connectivity index (χ3n) is 6.11. The number of benzene rings is 1. The Morgan fingerprint density at radius 1 is 1.00 bits per heavy atom. The van der Waals surface area contributed by atoms with Crippen molar-refractivity contribution < 1.29 is 23.6 Å². The van der Waals surface area contributed by atoms with Crippen molar-refractivity contribution in [3.8, 4) is 5.75 Å². The van der Waals surface area contributed by atoms with Gasteiger partial charge in [-0.25, -0.2) is 4.79 Å². The molecule has 28 heavy (non-hydrogen) atoms. The maximum Gasteiger partial charge on any atom is 0.494 e. The van der Waals surface area contributed by atoms with Crippen molar-refractivity contribution in [1.82, 2.24) is 9.80 Å². The first-order valence-electron chi connectivity index (χ1n) is 9.99. The van der Waals surface area contributed by atoms with Crippen LogP contribution in [0.25, 0.3) is 0 Å².